The van der Waals surface area contributed by atoms with Gasteiger partial charge in [0, 0.05) is 12.6 Å². The van der Waals surface area contributed by atoms with E-state index in [2.05, 4.69) is 17.3 Å². The van der Waals surface area contributed by atoms with Crippen LogP contribution in [0.25, 0.3) is 0 Å². The first-order valence-corrected chi connectivity index (χ1v) is 5.05. The maximum Gasteiger partial charge on any atom is 0.407 e. The summed E-state index contributed by atoms with van der Waals surface area (Å²) in [5.74, 6) is 0. The molecule has 0 aromatic heterocycles. The Morgan fingerprint density at radius 3 is 2.57 bits per heavy atom. The van der Waals surface area contributed by atoms with Gasteiger partial charge in [-0.25, -0.2) is 4.79 Å². The number of hydrogen-bond acceptors (Lipinski definition) is 3. The van der Waals surface area contributed by atoms with Crippen molar-refractivity contribution < 1.29 is 9.53 Å². The first-order valence-electron chi connectivity index (χ1n) is 5.05. The molecule has 0 aliphatic carbocycles. The molecule has 1 saturated heterocycles. The molecule has 1 atom stereocenters. The average Bonchev–Trinajstić information content (AvgIpc) is 1.98. The zero-order valence-electron chi connectivity index (χ0n) is 9.46. The molecular formula is C10H20N2O2. The fourth-order valence-electron chi connectivity index (χ4n) is 1.34. The number of likely N-dealkylation sites (tertiary alicyclic amines) is 1. The maximum atomic E-state index is 11.3. The standard InChI is InChI=1S/C10H20N2O2/c1-10(2,3)14-9(13)11-7-8-5-6-12(8)4/h8H,5-7H2,1-4H3,(H,11,13). The Morgan fingerprint density at radius 2 is 2.21 bits per heavy atom. The van der Waals surface area contributed by atoms with Crippen LogP contribution in [0.4, 0.5) is 4.79 Å². The van der Waals surface area contributed by atoms with Crippen LogP contribution in [0, 0.1) is 0 Å². The fraction of sp³-hybridized carbons (Fsp3) is 0.900. The second-order valence-electron chi connectivity index (χ2n) is 4.81. The highest BCUT2D eigenvalue weighted by Crippen LogP contribution is 2.13. The van der Waals surface area contributed by atoms with Crippen LogP contribution in [0.3, 0.4) is 0 Å². The van der Waals surface area contributed by atoms with Crippen LogP contribution in [0.15, 0.2) is 0 Å². The van der Waals surface area contributed by atoms with E-state index in [0.717, 1.165) is 13.0 Å². The minimum Gasteiger partial charge on any atom is -0.444 e. The molecule has 82 valence electrons. The van der Waals surface area contributed by atoms with E-state index >= 15 is 0 Å². The van der Waals surface area contributed by atoms with E-state index in [0.29, 0.717) is 12.6 Å². The van der Waals surface area contributed by atoms with E-state index in [1.54, 1.807) is 0 Å². The van der Waals surface area contributed by atoms with Gasteiger partial charge in [-0.15, -0.1) is 0 Å². The van der Waals surface area contributed by atoms with Crippen LogP contribution in [0.5, 0.6) is 0 Å². The summed E-state index contributed by atoms with van der Waals surface area (Å²) >= 11 is 0. The maximum absolute atomic E-state index is 11.3. The fourth-order valence-corrected chi connectivity index (χ4v) is 1.34. The SMILES string of the molecule is CN1CCC1CNC(=O)OC(C)(C)C. The molecule has 0 radical (unpaired) electrons. The molecule has 1 amide bonds. The molecule has 4 heteroatoms. The van der Waals surface area contributed by atoms with Crippen LogP contribution in [0.2, 0.25) is 0 Å². The van der Waals surface area contributed by atoms with E-state index in [9.17, 15) is 4.79 Å². The molecule has 0 bridgehead atoms. The summed E-state index contributed by atoms with van der Waals surface area (Å²) in [5.41, 5.74) is -0.407. The van der Waals surface area contributed by atoms with Crippen molar-refractivity contribution in [1.29, 1.82) is 0 Å². The van der Waals surface area contributed by atoms with Gasteiger partial charge in [-0.2, -0.15) is 0 Å². The van der Waals surface area contributed by atoms with E-state index < -0.39 is 5.60 Å². The van der Waals surface area contributed by atoms with Gasteiger partial charge in [0.1, 0.15) is 5.60 Å². The van der Waals surface area contributed by atoms with Crippen LogP contribution in [0.1, 0.15) is 27.2 Å². The number of rotatable bonds is 2. The highest BCUT2D eigenvalue weighted by atomic mass is 16.6. The second-order valence-corrected chi connectivity index (χ2v) is 4.81. The van der Waals surface area contributed by atoms with Crippen LogP contribution in [-0.4, -0.2) is 42.8 Å². The lowest BCUT2D eigenvalue weighted by Gasteiger charge is -2.37. The number of alkyl carbamates (subject to hydrolysis) is 1. The molecule has 1 unspecified atom stereocenters. The highest BCUT2D eigenvalue weighted by Gasteiger charge is 2.25. The molecule has 1 N–H and O–H groups in total. The zero-order chi connectivity index (χ0) is 10.8. The van der Waals surface area contributed by atoms with Crippen molar-refractivity contribution in [2.24, 2.45) is 0 Å². The van der Waals surface area contributed by atoms with E-state index in [1.165, 1.54) is 0 Å². The van der Waals surface area contributed by atoms with Gasteiger partial charge in [-0.1, -0.05) is 0 Å². The number of carbonyl (C=O) groups excluding carboxylic acids is 1. The Hall–Kier alpha value is -0.770. The Kier molecular flexibility index (Phi) is 3.37. The molecule has 0 saturated carbocycles. The molecule has 4 nitrogen and oxygen atoms in total. The minimum atomic E-state index is -0.407. The Bertz CT molecular complexity index is 211. The van der Waals surface area contributed by atoms with E-state index in [4.69, 9.17) is 4.74 Å². The molecule has 1 rings (SSSR count). The lowest BCUT2D eigenvalue weighted by atomic mass is 10.1. The van der Waals surface area contributed by atoms with Crippen molar-refractivity contribution in [3.8, 4) is 0 Å². The summed E-state index contributed by atoms with van der Waals surface area (Å²) < 4.78 is 5.12. The topological polar surface area (TPSA) is 41.6 Å². The average molecular weight is 200 g/mol. The molecule has 1 aliphatic rings. The molecule has 0 aromatic rings. The van der Waals surface area contributed by atoms with Crippen LogP contribution in [-0.2, 0) is 4.74 Å². The number of likely N-dealkylation sites (N-methyl/N-ethyl adjacent to an activating group) is 1. The van der Waals surface area contributed by atoms with Crippen molar-refractivity contribution in [3.63, 3.8) is 0 Å². The van der Waals surface area contributed by atoms with Gasteiger partial charge < -0.3 is 15.0 Å². The first-order chi connectivity index (χ1) is 6.38. The van der Waals surface area contributed by atoms with E-state index in [1.807, 2.05) is 20.8 Å². The quantitative estimate of drug-likeness (QED) is 0.728. The summed E-state index contributed by atoms with van der Waals surface area (Å²) in [6.45, 7) is 7.40. The van der Waals surface area contributed by atoms with Crippen molar-refractivity contribution in [2.75, 3.05) is 20.1 Å². The molecule has 0 aromatic carbocycles. The van der Waals surface area contributed by atoms with Gasteiger partial charge in [-0.05, 0) is 40.8 Å². The van der Waals surface area contributed by atoms with Gasteiger partial charge in [0.05, 0.1) is 0 Å². The summed E-state index contributed by atoms with van der Waals surface area (Å²) in [7, 11) is 2.06. The molecule has 1 fully saturated rings. The number of carbonyl (C=O) groups is 1. The highest BCUT2D eigenvalue weighted by molar-refractivity contribution is 5.67. The Balaban J connectivity index is 2.15. The Labute approximate surface area is 85.6 Å². The van der Waals surface area contributed by atoms with Crippen molar-refractivity contribution in [1.82, 2.24) is 10.2 Å². The van der Waals surface area contributed by atoms with Crippen molar-refractivity contribution >= 4 is 6.09 Å². The Morgan fingerprint density at radius 1 is 1.57 bits per heavy atom. The molecule has 14 heavy (non-hydrogen) atoms. The first kappa shape index (κ1) is 11.3. The zero-order valence-corrected chi connectivity index (χ0v) is 9.46. The van der Waals surface area contributed by atoms with Crippen molar-refractivity contribution in [2.45, 2.75) is 38.8 Å². The van der Waals surface area contributed by atoms with Crippen molar-refractivity contribution in [3.05, 3.63) is 0 Å². The molecule has 0 spiro atoms. The third kappa shape index (κ3) is 3.54. The number of ether oxygens (including phenoxy) is 1. The van der Waals surface area contributed by atoms with Crippen LogP contribution >= 0.6 is 0 Å². The largest absolute Gasteiger partial charge is 0.444 e. The molecular weight excluding hydrogens is 180 g/mol. The molecule has 1 heterocycles. The normalized spacial score (nSPS) is 22.7. The van der Waals surface area contributed by atoms with Crippen LogP contribution < -0.4 is 5.32 Å². The van der Waals surface area contributed by atoms with Gasteiger partial charge in [-0.3, -0.25) is 0 Å². The lowest BCUT2D eigenvalue weighted by molar-refractivity contribution is 0.0478. The van der Waals surface area contributed by atoms with Gasteiger partial charge in [0.2, 0.25) is 0 Å². The number of hydrogen-bond donors (Lipinski definition) is 1. The third-order valence-corrected chi connectivity index (χ3v) is 2.32. The monoisotopic (exact) mass is 200 g/mol. The predicted molar refractivity (Wildman–Crippen MR) is 55.3 cm³/mol. The lowest BCUT2D eigenvalue weighted by Crippen LogP contribution is -2.51. The smallest absolute Gasteiger partial charge is 0.407 e. The van der Waals surface area contributed by atoms with Gasteiger partial charge in [0.15, 0.2) is 0 Å². The minimum absolute atomic E-state index is 0.321. The second kappa shape index (κ2) is 4.17. The number of nitrogens with zero attached hydrogens (tertiary/aromatic N) is 1. The summed E-state index contributed by atoms with van der Waals surface area (Å²) in [5, 5.41) is 2.77. The summed E-state index contributed by atoms with van der Waals surface area (Å²) in [4.78, 5) is 13.5. The summed E-state index contributed by atoms with van der Waals surface area (Å²) in [6.07, 6.45) is 0.838. The molecule has 1 aliphatic heterocycles. The number of nitrogens with one attached hydrogen (secondary N) is 1. The number of amides is 1. The third-order valence-electron chi connectivity index (χ3n) is 2.32. The summed E-state index contributed by atoms with van der Waals surface area (Å²) in [6, 6.07) is 0.488. The predicted octanol–water partition coefficient (Wildman–Crippen LogP) is 1.22. The van der Waals surface area contributed by atoms with Gasteiger partial charge >= 0.3 is 6.09 Å². The van der Waals surface area contributed by atoms with E-state index in [-0.39, 0.29) is 6.09 Å². The van der Waals surface area contributed by atoms with Gasteiger partial charge in [0.25, 0.3) is 0 Å².